The second-order valence-electron chi connectivity index (χ2n) is 4.55. The quantitative estimate of drug-likeness (QED) is 0.772. The topological polar surface area (TPSA) is 26.3 Å². The van der Waals surface area contributed by atoms with Gasteiger partial charge in [0.25, 0.3) is 0 Å². The fourth-order valence-corrected chi connectivity index (χ4v) is 1.82. The molecule has 0 spiro atoms. The van der Waals surface area contributed by atoms with E-state index in [1.807, 2.05) is 26.0 Å². The zero-order valence-corrected chi connectivity index (χ0v) is 10.9. The Morgan fingerprint density at radius 2 is 1.79 bits per heavy atom. The molecule has 0 aliphatic rings. The van der Waals surface area contributed by atoms with Gasteiger partial charge in [0, 0.05) is 11.1 Å². The van der Waals surface area contributed by atoms with E-state index in [1.54, 1.807) is 24.3 Å². The molecule has 2 aromatic rings. The van der Waals surface area contributed by atoms with Gasteiger partial charge in [0.15, 0.2) is 0 Å². The van der Waals surface area contributed by atoms with Crippen LogP contribution in [0.1, 0.15) is 24.2 Å². The first-order valence-electron chi connectivity index (χ1n) is 6.12. The zero-order valence-electron chi connectivity index (χ0n) is 10.9. The van der Waals surface area contributed by atoms with Gasteiger partial charge in [-0.1, -0.05) is 24.3 Å². The summed E-state index contributed by atoms with van der Waals surface area (Å²) < 4.78 is 19.4. The summed E-state index contributed by atoms with van der Waals surface area (Å²) in [6, 6.07) is 11.7. The number of rotatable bonds is 4. The van der Waals surface area contributed by atoms with E-state index >= 15 is 0 Å². The molecule has 0 amide bonds. The van der Waals surface area contributed by atoms with Crippen molar-refractivity contribution in [2.75, 3.05) is 0 Å². The number of carbonyl (C=O) groups is 1. The monoisotopic (exact) mass is 258 g/mol. The van der Waals surface area contributed by atoms with Crippen molar-refractivity contribution >= 4 is 6.29 Å². The summed E-state index contributed by atoms with van der Waals surface area (Å²) in [4.78, 5) is 10.6. The fourth-order valence-electron chi connectivity index (χ4n) is 1.82. The van der Waals surface area contributed by atoms with Gasteiger partial charge in [-0.3, -0.25) is 4.79 Å². The summed E-state index contributed by atoms with van der Waals surface area (Å²) >= 11 is 0. The van der Waals surface area contributed by atoms with Crippen LogP contribution < -0.4 is 4.74 Å². The van der Waals surface area contributed by atoms with Gasteiger partial charge in [-0.2, -0.15) is 0 Å². The maximum Gasteiger partial charge on any atom is 0.150 e. The first kappa shape index (κ1) is 13.3. The third-order valence-corrected chi connectivity index (χ3v) is 2.67. The Labute approximate surface area is 111 Å². The normalized spacial score (nSPS) is 10.5. The first-order chi connectivity index (χ1) is 9.10. The summed E-state index contributed by atoms with van der Waals surface area (Å²) in [5.74, 6) is 0.353. The van der Waals surface area contributed by atoms with Crippen molar-refractivity contribution in [3.8, 4) is 16.9 Å². The number of ether oxygens (including phenoxy) is 1. The molecule has 0 unspecified atom stereocenters. The minimum Gasteiger partial charge on any atom is -0.491 e. The molecular weight excluding hydrogens is 243 g/mol. The summed E-state index contributed by atoms with van der Waals surface area (Å²) in [7, 11) is 0. The Morgan fingerprint density at radius 1 is 1.11 bits per heavy atom. The predicted molar refractivity (Wildman–Crippen MR) is 73.0 cm³/mol. The van der Waals surface area contributed by atoms with Crippen LogP contribution in [0.15, 0.2) is 42.5 Å². The van der Waals surface area contributed by atoms with Gasteiger partial charge in [-0.25, -0.2) is 4.39 Å². The summed E-state index contributed by atoms with van der Waals surface area (Å²) in [5, 5.41) is 0. The molecule has 0 atom stereocenters. The zero-order chi connectivity index (χ0) is 13.8. The molecule has 0 saturated carbocycles. The van der Waals surface area contributed by atoms with Crippen molar-refractivity contribution in [3.05, 3.63) is 53.8 Å². The van der Waals surface area contributed by atoms with Gasteiger partial charge in [-0.15, -0.1) is 0 Å². The lowest BCUT2D eigenvalue weighted by Crippen LogP contribution is -2.05. The van der Waals surface area contributed by atoms with E-state index in [0.717, 1.165) is 11.3 Å². The van der Waals surface area contributed by atoms with Crippen LogP contribution in [0, 0.1) is 5.82 Å². The van der Waals surface area contributed by atoms with Crippen molar-refractivity contribution in [1.82, 2.24) is 0 Å². The Morgan fingerprint density at radius 3 is 2.32 bits per heavy atom. The van der Waals surface area contributed by atoms with Gasteiger partial charge >= 0.3 is 0 Å². The van der Waals surface area contributed by atoms with E-state index in [0.29, 0.717) is 17.4 Å². The van der Waals surface area contributed by atoms with E-state index in [2.05, 4.69) is 0 Å². The second-order valence-corrected chi connectivity index (χ2v) is 4.55. The van der Waals surface area contributed by atoms with E-state index in [9.17, 15) is 9.18 Å². The smallest absolute Gasteiger partial charge is 0.150 e. The molecule has 0 fully saturated rings. The van der Waals surface area contributed by atoms with Crippen LogP contribution >= 0.6 is 0 Å². The van der Waals surface area contributed by atoms with Gasteiger partial charge in [0.2, 0.25) is 0 Å². The highest BCUT2D eigenvalue weighted by atomic mass is 19.1. The minimum absolute atomic E-state index is 0.106. The minimum atomic E-state index is -0.401. The van der Waals surface area contributed by atoms with Gasteiger partial charge in [0.05, 0.1) is 6.10 Å². The number of hydrogen-bond donors (Lipinski definition) is 0. The van der Waals surface area contributed by atoms with Crippen LogP contribution in [0.4, 0.5) is 4.39 Å². The van der Waals surface area contributed by atoms with Gasteiger partial charge in [-0.05, 0) is 37.6 Å². The second kappa shape index (κ2) is 5.65. The van der Waals surface area contributed by atoms with E-state index in [-0.39, 0.29) is 6.10 Å². The molecule has 2 aromatic carbocycles. The average Bonchev–Trinajstić information content (AvgIpc) is 2.39. The molecule has 0 aromatic heterocycles. The molecule has 19 heavy (non-hydrogen) atoms. The highest BCUT2D eigenvalue weighted by Gasteiger charge is 2.06. The summed E-state index contributed by atoms with van der Waals surface area (Å²) in [5.41, 5.74) is 1.56. The molecule has 0 N–H and O–H groups in total. The van der Waals surface area contributed by atoms with E-state index in [4.69, 9.17) is 4.74 Å². The molecule has 0 radical (unpaired) electrons. The van der Waals surface area contributed by atoms with E-state index in [1.165, 1.54) is 6.07 Å². The number of benzene rings is 2. The molecule has 2 rings (SSSR count). The molecule has 0 heterocycles. The standard InChI is InChI=1S/C16H15FO2/c1-11(2)19-14-6-4-13(5-7-14)15-8-3-12(10-18)9-16(15)17/h3-11H,1-2H3. The fraction of sp³-hybridized carbons (Fsp3) is 0.188. The van der Waals surface area contributed by atoms with Crippen LogP contribution in [-0.2, 0) is 0 Å². The Kier molecular flexibility index (Phi) is 3.95. The maximum atomic E-state index is 13.8. The number of aldehydes is 1. The number of hydrogen-bond acceptors (Lipinski definition) is 2. The molecule has 0 saturated heterocycles. The van der Waals surface area contributed by atoms with E-state index < -0.39 is 5.82 Å². The maximum absolute atomic E-state index is 13.8. The van der Waals surface area contributed by atoms with Gasteiger partial charge in [0.1, 0.15) is 17.9 Å². The SMILES string of the molecule is CC(C)Oc1ccc(-c2ccc(C=O)cc2F)cc1. The molecule has 3 heteroatoms. The molecular formula is C16H15FO2. The highest BCUT2D eigenvalue weighted by molar-refractivity contribution is 5.77. The van der Waals surface area contributed by atoms with Gasteiger partial charge < -0.3 is 4.74 Å². The Balaban J connectivity index is 2.29. The third-order valence-electron chi connectivity index (χ3n) is 2.67. The molecule has 98 valence electrons. The number of halogens is 1. The van der Waals surface area contributed by atoms with Crippen molar-refractivity contribution in [3.63, 3.8) is 0 Å². The van der Waals surface area contributed by atoms with Crippen LogP contribution in [-0.4, -0.2) is 12.4 Å². The van der Waals surface area contributed by atoms with Crippen molar-refractivity contribution in [1.29, 1.82) is 0 Å². The molecule has 2 nitrogen and oxygen atoms in total. The lowest BCUT2D eigenvalue weighted by molar-refractivity contribution is 0.112. The molecule has 0 aliphatic heterocycles. The summed E-state index contributed by atoms with van der Waals surface area (Å²) in [6.45, 7) is 3.90. The third kappa shape index (κ3) is 3.19. The van der Waals surface area contributed by atoms with Crippen LogP contribution in [0.2, 0.25) is 0 Å². The summed E-state index contributed by atoms with van der Waals surface area (Å²) in [6.07, 6.45) is 0.737. The van der Waals surface area contributed by atoms with Crippen LogP contribution in [0.3, 0.4) is 0 Å². The first-order valence-corrected chi connectivity index (χ1v) is 6.12. The lowest BCUT2D eigenvalue weighted by Gasteiger charge is -2.10. The van der Waals surface area contributed by atoms with Crippen molar-refractivity contribution in [2.45, 2.75) is 20.0 Å². The molecule has 0 bridgehead atoms. The largest absolute Gasteiger partial charge is 0.491 e. The highest BCUT2D eigenvalue weighted by Crippen LogP contribution is 2.25. The molecule has 0 aliphatic carbocycles. The Bertz CT molecular complexity index is 574. The lowest BCUT2D eigenvalue weighted by atomic mass is 10.0. The van der Waals surface area contributed by atoms with Crippen molar-refractivity contribution in [2.24, 2.45) is 0 Å². The number of carbonyl (C=O) groups excluding carboxylic acids is 1. The van der Waals surface area contributed by atoms with Crippen LogP contribution in [0.25, 0.3) is 11.1 Å². The van der Waals surface area contributed by atoms with Crippen molar-refractivity contribution < 1.29 is 13.9 Å². The van der Waals surface area contributed by atoms with Crippen LogP contribution in [0.5, 0.6) is 5.75 Å². The Hall–Kier alpha value is -2.16. The predicted octanol–water partition coefficient (Wildman–Crippen LogP) is 4.09. The average molecular weight is 258 g/mol.